The molecule has 6 nitrogen and oxygen atoms in total. The highest BCUT2D eigenvalue weighted by molar-refractivity contribution is 5.79. The molecule has 0 aromatic heterocycles. The normalized spacial score (nSPS) is 16.2. The second kappa shape index (κ2) is 8.00. The number of morpholine rings is 1. The second-order valence-corrected chi connectivity index (χ2v) is 5.26. The molecule has 1 fully saturated rings. The van der Waals surface area contributed by atoms with Gasteiger partial charge in [0.2, 0.25) is 0 Å². The molecular weight excluding hydrogens is 282 g/mol. The van der Waals surface area contributed by atoms with Crippen molar-refractivity contribution in [1.82, 2.24) is 0 Å². The third-order valence-electron chi connectivity index (χ3n) is 3.70. The summed E-state index contributed by atoms with van der Waals surface area (Å²) in [5, 5.41) is 3.18. The zero-order chi connectivity index (χ0) is 15.9. The van der Waals surface area contributed by atoms with Gasteiger partial charge in [-0.1, -0.05) is 0 Å². The van der Waals surface area contributed by atoms with Gasteiger partial charge in [-0.3, -0.25) is 0 Å². The number of hydrogen-bond donors (Lipinski definition) is 2. The predicted molar refractivity (Wildman–Crippen MR) is 87.1 cm³/mol. The summed E-state index contributed by atoms with van der Waals surface area (Å²) in [5.74, 6) is -0.261. The first-order chi connectivity index (χ1) is 10.7. The number of rotatable bonds is 6. The lowest BCUT2D eigenvalue weighted by Crippen LogP contribution is -2.36. The molecule has 1 aromatic carbocycles. The van der Waals surface area contributed by atoms with Crippen LogP contribution >= 0.6 is 0 Å². The molecule has 1 aliphatic rings. The fourth-order valence-electron chi connectivity index (χ4n) is 2.47. The Morgan fingerprint density at radius 3 is 2.82 bits per heavy atom. The quantitative estimate of drug-likeness (QED) is 0.773. The van der Waals surface area contributed by atoms with Gasteiger partial charge in [0, 0.05) is 31.0 Å². The van der Waals surface area contributed by atoms with Gasteiger partial charge in [0.05, 0.1) is 19.8 Å². The lowest BCUT2D eigenvalue weighted by molar-refractivity contribution is -0.143. The van der Waals surface area contributed by atoms with Crippen molar-refractivity contribution in [3.63, 3.8) is 0 Å². The molecule has 1 aromatic rings. The van der Waals surface area contributed by atoms with Crippen LogP contribution in [-0.4, -0.2) is 44.9 Å². The van der Waals surface area contributed by atoms with Crippen molar-refractivity contribution in [2.45, 2.75) is 26.4 Å². The Morgan fingerprint density at radius 2 is 2.18 bits per heavy atom. The average Bonchev–Trinajstić information content (AvgIpc) is 2.56. The summed E-state index contributed by atoms with van der Waals surface area (Å²) < 4.78 is 10.4. The Hall–Kier alpha value is -1.79. The van der Waals surface area contributed by atoms with Gasteiger partial charge in [-0.15, -0.1) is 0 Å². The third kappa shape index (κ3) is 4.11. The van der Waals surface area contributed by atoms with Crippen LogP contribution in [0.2, 0.25) is 0 Å². The van der Waals surface area contributed by atoms with Gasteiger partial charge in [0.15, 0.2) is 0 Å². The zero-order valence-electron chi connectivity index (χ0n) is 13.3. The molecule has 0 spiro atoms. The molecule has 1 saturated heterocycles. The van der Waals surface area contributed by atoms with E-state index in [0.29, 0.717) is 13.2 Å². The number of nitrogens with zero attached hydrogens (tertiary/aromatic N) is 1. The van der Waals surface area contributed by atoms with E-state index >= 15 is 0 Å². The van der Waals surface area contributed by atoms with Crippen LogP contribution in [0.3, 0.4) is 0 Å². The molecule has 1 aliphatic heterocycles. The van der Waals surface area contributed by atoms with E-state index in [1.807, 2.05) is 12.1 Å². The summed E-state index contributed by atoms with van der Waals surface area (Å²) in [6.07, 6.45) is 0. The smallest absolute Gasteiger partial charge is 0.328 e. The number of anilines is 2. The Morgan fingerprint density at radius 1 is 1.45 bits per heavy atom. The Bertz CT molecular complexity index is 501. The van der Waals surface area contributed by atoms with E-state index in [0.717, 1.165) is 43.2 Å². The van der Waals surface area contributed by atoms with Crippen LogP contribution < -0.4 is 16.0 Å². The Balaban J connectivity index is 2.10. The van der Waals surface area contributed by atoms with Gasteiger partial charge >= 0.3 is 5.97 Å². The first-order valence-corrected chi connectivity index (χ1v) is 7.74. The molecule has 1 heterocycles. The summed E-state index contributed by atoms with van der Waals surface area (Å²) in [6.45, 7) is 7.64. The Kier molecular flexibility index (Phi) is 6.03. The maximum absolute atomic E-state index is 11.7. The van der Waals surface area contributed by atoms with Crippen molar-refractivity contribution >= 4 is 17.3 Å². The van der Waals surface area contributed by atoms with Gasteiger partial charge in [0.1, 0.15) is 6.04 Å². The molecule has 0 saturated carbocycles. The van der Waals surface area contributed by atoms with E-state index in [4.69, 9.17) is 15.2 Å². The van der Waals surface area contributed by atoms with Crippen LogP contribution in [0.25, 0.3) is 0 Å². The maximum atomic E-state index is 11.7. The van der Waals surface area contributed by atoms with Crippen LogP contribution in [-0.2, 0) is 20.8 Å². The van der Waals surface area contributed by atoms with Gasteiger partial charge in [-0.25, -0.2) is 4.79 Å². The summed E-state index contributed by atoms with van der Waals surface area (Å²) in [7, 11) is 0. The summed E-state index contributed by atoms with van der Waals surface area (Å²) in [4.78, 5) is 14.0. The summed E-state index contributed by atoms with van der Waals surface area (Å²) in [6, 6.07) is 5.69. The standard InChI is InChI=1S/C16H25N3O3/c1-3-22-16(20)12(2)18-15-5-4-14(10-13(15)11-17)19-6-8-21-9-7-19/h4-5,10,12,18H,3,6-9,11,17H2,1-2H3. The monoisotopic (exact) mass is 307 g/mol. The number of ether oxygens (including phenoxy) is 2. The number of nitrogens with one attached hydrogen (secondary N) is 1. The van der Waals surface area contributed by atoms with Crippen LogP contribution in [0.5, 0.6) is 0 Å². The minimum atomic E-state index is -0.403. The third-order valence-corrected chi connectivity index (χ3v) is 3.70. The molecule has 1 atom stereocenters. The van der Waals surface area contributed by atoms with Crippen molar-refractivity contribution in [2.24, 2.45) is 5.73 Å². The van der Waals surface area contributed by atoms with Gasteiger partial charge < -0.3 is 25.4 Å². The van der Waals surface area contributed by atoms with E-state index in [-0.39, 0.29) is 5.97 Å². The molecule has 0 amide bonds. The van der Waals surface area contributed by atoms with E-state index in [1.165, 1.54) is 0 Å². The molecule has 2 rings (SSSR count). The van der Waals surface area contributed by atoms with Gasteiger partial charge in [0.25, 0.3) is 0 Å². The first-order valence-electron chi connectivity index (χ1n) is 7.74. The lowest BCUT2D eigenvalue weighted by Gasteiger charge is -2.29. The van der Waals surface area contributed by atoms with E-state index in [9.17, 15) is 4.79 Å². The summed E-state index contributed by atoms with van der Waals surface area (Å²) in [5.41, 5.74) is 8.86. The number of nitrogens with two attached hydrogens (primary N) is 1. The zero-order valence-corrected chi connectivity index (χ0v) is 13.3. The highest BCUT2D eigenvalue weighted by Gasteiger charge is 2.17. The highest BCUT2D eigenvalue weighted by atomic mass is 16.5. The molecule has 0 aliphatic carbocycles. The molecule has 122 valence electrons. The number of carbonyl (C=O) groups excluding carboxylic acids is 1. The fourth-order valence-corrected chi connectivity index (χ4v) is 2.47. The minimum Gasteiger partial charge on any atom is -0.464 e. The summed E-state index contributed by atoms with van der Waals surface area (Å²) >= 11 is 0. The topological polar surface area (TPSA) is 76.8 Å². The molecule has 6 heteroatoms. The van der Waals surface area contributed by atoms with E-state index < -0.39 is 6.04 Å². The molecule has 22 heavy (non-hydrogen) atoms. The van der Waals surface area contributed by atoms with Crippen molar-refractivity contribution in [3.8, 4) is 0 Å². The Labute approximate surface area is 131 Å². The number of hydrogen-bond acceptors (Lipinski definition) is 6. The van der Waals surface area contributed by atoms with Gasteiger partial charge in [-0.2, -0.15) is 0 Å². The lowest BCUT2D eigenvalue weighted by atomic mass is 10.1. The molecular formula is C16H25N3O3. The largest absolute Gasteiger partial charge is 0.464 e. The van der Waals surface area contributed by atoms with Crippen LogP contribution in [0.4, 0.5) is 11.4 Å². The highest BCUT2D eigenvalue weighted by Crippen LogP contribution is 2.24. The van der Waals surface area contributed by atoms with Crippen LogP contribution in [0, 0.1) is 0 Å². The van der Waals surface area contributed by atoms with Crippen molar-refractivity contribution in [2.75, 3.05) is 43.1 Å². The molecule has 0 radical (unpaired) electrons. The van der Waals surface area contributed by atoms with Crippen molar-refractivity contribution in [1.29, 1.82) is 0 Å². The maximum Gasteiger partial charge on any atom is 0.328 e. The van der Waals surface area contributed by atoms with Crippen LogP contribution in [0.1, 0.15) is 19.4 Å². The minimum absolute atomic E-state index is 0.261. The number of esters is 1. The fraction of sp³-hybridized carbons (Fsp3) is 0.562. The molecule has 0 bridgehead atoms. The van der Waals surface area contributed by atoms with Crippen molar-refractivity contribution in [3.05, 3.63) is 23.8 Å². The SMILES string of the molecule is CCOC(=O)C(C)Nc1ccc(N2CCOCC2)cc1CN. The van der Waals surface area contributed by atoms with Crippen molar-refractivity contribution < 1.29 is 14.3 Å². The first kappa shape index (κ1) is 16.6. The number of benzene rings is 1. The molecule has 3 N–H and O–H groups in total. The average molecular weight is 307 g/mol. The van der Waals surface area contributed by atoms with E-state index in [1.54, 1.807) is 13.8 Å². The van der Waals surface area contributed by atoms with Gasteiger partial charge in [-0.05, 0) is 37.6 Å². The van der Waals surface area contributed by atoms with E-state index in [2.05, 4.69) is 16.3 Å². The number of carbonyl (C=O) groups is 1. The predicted octanol–water partition coefficient (Wildman–Crippen LogP) is 1.35. The molecule has 1 unspecified atom stereocenters. The second-order valence-electron chi connectivity index (χ2n) is 5.26. The van der Waals surface area contributed by atoms with Crippen LogP contribution in [0.15, 0.2) is 18.2 Å².